The van der Waals surface area contributed by atoms with Crippen molar-refractivity contribution < 1.29 is 13.2 Å². The maximum Gasteiger partial charge on any atom is 0.225 e. The Morgan fingerprint density at radius 3 is 2.64 bits per heavy atom. The molecule has 1 saturated heterocycles. The highest BCUT2D eigenvalue weighted by Crippen LogP contribution is 2.18. The van der Waals surface area contributed by atoms with Crippen LogP contribution in [0.2, 0.25) is 0 Å². The van der Waals surface area contributed by atoms with Crippen molar-refractivity contribution in [2.45, 2.75) is 6.92 Å². The summed E-state index contributed by atoms with van der Waals surface area (Å²) < 4.78 is 25.0. The van der Waals surface area contributed by atoms with Crippen LogP contribution in [0.4, 0.5) is 5.82 Å². The predicted octanol–water partition coefficient (Wildman–Crippen LogP) is -0.771. The third kappa shape index (κ3) is 3.92. The van der Waals surface area contributed by atoms with Gasteiger partial charge in [0.1, 0.15) is 12.1 Å². The Balaban J connectivity index is 2.29. The number of rotatable bonds is 3. The highest BCUT2D eigenvalue weighted by molar-refractivity contribution is 7.88. The van der Waals surface area contributed by atoms with Crippen molar-refractivity contribution in [1.82, 2.24) is 19.6 Å². The molecular weight excluding hydrogens is 306 g/mol. The van der Waals surface area contributed by atoms with Gasteiger partial charge in [-0.15, -0.1) is 0 Å². The van der Waals surface area contributed by atoms with Crippen LogP contribution in [0.5, 0.6) is 0 Å². The highest BCUT2D eigenvalue weighted by atomic mass is 32.2. The van der Waals surface area contributed by atoms with Crippen LogP contribution in [-0.4, -0.2) is 68.1 Å². The Labute approximate surface area is 130 Å². The molecule has 0 spiro atoms. The lowest BCUT2D eigenvalue weighted by molar-refractivity contribution is -0.124. The fraction of sp³-hybridized carbons (Fsp3) is 0.615. The molecule has 0 aromatic carbocycles. The number of hydrogen-bond acceptors (Lipinski definition) is 6. The molecule has 1 N–H and O–H groups in total. The molecule has 0 bridgehead atoms. The van der Waals surface area contributed by atoms with Crippen LogP contribution < -0.4 is 10.2 Å². The molecule has 1 aromatic rings. The number of amides is 1. The van der Waals surface area contributed by atoms with Crippen LogP contribution in [0, 0.1) is 12.8 Å². The summed E-state index contributed by atoms with van der Waals surface area (Å²) in [4.78, 5) is 22.3. The molecule has 122 valence electrons. The Morgan fingerprint density at radius 1 is 1.32 bits per heavy atom. The van der Waals surface area contributed by atoms with Crippen LogP contribution in [0.15, 0.2) is 12.4 Å². The number of aromatic nitrogens is 2. The van der Waals surface area contributed by atoms with Crippen molar-refractivity contribution in [3.63, 3.8) is 0 Å². The first-order valence-corrected chi connectivity index (χ1v) is 8.86. The third-order valence-corrected chi connectivity index (χ3v) is 4.95. The van der Waals surface area contributed by atoms with Gasteiger partial charge in [0, 0.05) is 45.0 Å². The topological polar surface area (TPSA) is 95.5 Å². The Hall–Kier alpha value is -1.74. The first kappa shape index (κ1) is 16.6. The summed E-state index contributed by atoms with van der Waals surface area (Å²) in [6.07, 6.45) is 2.64. The second kappa shape index (κ2) is 6.57. The van der Waals surface area contributed by atoms with Crippen molar-refractivity contribution in [1.29, 1.82) is 0 Å². The normalized spacial score (nSPS) is 20.5. The van der Waals surface area contributed by atoms with E-state index in [0.717, 1.165) is 5.69 Å². The van der Waals surface area contributed by atoms with Gasteiger partial charge in [0.05, 0.1) is 12.2 Å². The van der Waals surface area contributed by atoms with E-state index < -0.39 is 15.9 Å². The first-order valence-electron chi connectivity index (χ1n) is 7.01. The SMILES string of the molecule is CNC(=O)[C@H]1CN(c2cc(C)ncn2)CCN(S(C)(=O)=O)C1. The summed E-state index contributed by atoms with van der Waals surface area (Å²) in [5.41, 5.74) is 0.825. The van der Waals surface area contributed by atoms with Gasteiger partial charge in [-0.1, -0.05) is 0 Å². The van der Waals surface area contributed by atoms with E-state index in [-0.39, 0.29) is 12.5 Å². The molecule has 1 amide bonds. The molecule has 8 nitrogen and oxygen atoms in total. The second-order valence-electron chi connectivity index (χ2n) is 5.40. The average molecular weight is 327 g/mol. The van der Waals surface area contributed by atoms with Gasteiger partial charge in [0.25, 0.3) is 0 Å². The standard InChI is InChI=1S/C13H21N5O3S/c1-10-6-12(16-9-15-10)17-4-5-18(22(3,20)21)8-11(7-17)13(19)14-2/h6,9,11H,4-5,7-8H2,1-3H3,(H,14,19)/t11-/m0/s1. The van der Waals surface area contributed by atoms with E-state index in [2.05, 4.69) is 15.3 Å². The molecule has 0 aliphatic carbocycles. The minimum Gasteiger partial charge on any atom is -0.359 e. The molecule has 22 heavy (non-hydrogen) atoms. The molecular formula is C13H21N5O3S. The second-order valence-corrected chi connectivity index (χ2v) is 7.38. The van der Waals surface area contributed by atoms with Crippen molar-refractivity contribution in [2.24, 2.45) is 5.92 Å². The van der Waals surface area contributed by atoms with E-state index in [4.69, 9.17) is 0 Å². The fourth-order valence-corrected chi connectivity index (χ4v) is 3.34. The van der Waals surface area contributed by atoms with E-state index in [0.29, 0.717) is 25.5 Å². The number of nitrogens with zero attached hydrogens (tertiary/aromatic N) is 4. The molecule has 0 radical (unpaired) electrons. The van der Waals surface area contributed by atoms with Crippen molar-refractivity contribution in [2.75, 3.05) is 44.4 Å². The lowest BCUT2D eigenvalue weighted by Crippen LogP contribution is -2.41. The molecule has 1 aromatic heterocycles. The van der Waals surface area contributed by atoms with Crippen LogP contribution in [0.1, 0.15) is 5.69 Å². The van der Waals surface area contributed by atoms with E-state index in [1.807, 2.05) is 17.9 Å². The van der Waals surface area contributed by atoms with Gasteiger partial charge in [-0.25, -0.2) is 18.4 Å². The summed E-state index contributed by atoms with van der Waals surface area (Å²) >= 11 is 0. The zero-order valence-corrected chi connectivity index (χ0v) is 13.8. The number of carbonyl (C=O) groups is 1. The van der Waals surface area contributed by atoms with Gasteiger partial charge in [-0.2, -0.15) is 4.31 Å². The molecule has 1 atom stereocenters. The average Bonchev–Trinajstić information content (AvgIpc) is 2.69. The maximum atomic E-state index is 12.0. The summed E-state index contributed by atoms with van der Waals surface area (Å²) in [5, 5.41) is 2.60. The molecule has 0 unspecified atom stereocenters. The number of nitrogens with one attached hydrogen (secondary N) is 1. The van der Waals surface area contributed by atoms with Crippen LogP contribution in [-0.2, 0) is 14.8 Å². The minimum atomic E-state index is -3.34. The number of aryl methyl sites for hydroxylation is 1. The van der Waals surface area contributed by atoms with Gasteiger partial charge >= 0.3 is 0 Å². The lowest BCUT2D eigenvalue weighted by atomic mass is 10.1. The van der Waals surface area contributed by atoms with E-state index >= 15 is 0 Å². The monoisotopic (exact) mass is 327 g/mol. The van der Waals surface area contributed by atoms with Gasteiger partial charge in [-0.05, 0) is 6.92 Å². The summed E-state index contributed by atoms with van der Waals surface area (Å²) in [5.74, 6) is 0.0839. The van der Waals surface area contributed by atoms with Crippen molar-refractivity contribution in [3.8, 4) is 0 Å². The zero-order valence-electron chi connectivity index (χ0n) is 13.0. The Bertz CT molecular complexity index is 649. The third-order valence-electron chi connectivity index (χ3n) is 3.68. The first-order chi connectivity index (χ1) is 10.3. The zero-order chi connectivity index (χ0) is 16.3. The minimum absolute atomic E-state index is 0.175. The summed E-state index contributed by atoms with van der Waals surface area (Å²) in [6.45, 7) is 3.27. The number of sulfonamides is 1. The Morgan fingerprint density at radius 2 is 2.05 bits per heavy atom. The van der Waals surface area contributed by atoms with Gasteiger partial charge in [0.2, 0.25) is 15.9 Å². The summed E-state index contributed by atoms with van der Waals surface area (Å²) in [6, 6.07) is 1.83. The van der Waals surface area contributed by atoms with Gasteiger partial charge in [0.15, 0.2) is 0 Å². The van der Waals surface area contributed by atoms with E-state index in [9.17, 15) is 13.2 Å². The molecule has 9 heteroatoms. The lowest BCUT2D eigenvalue weighted by Gasteiger charge is -2.24. The molecule has 1 fully saturated rings. The molecule has 0 saturated carbocycles. The molecule has 1 aliphatic rings. The van der Waals surface area contributed by atoms with Gasteiger partial charge in [-0.3, -0.25) is 4.79 Å². The van der Waals surface area contributed by atoms with Crippen LogP contribution in [0.25, 0.3) is 0 Å². The maximum absolute atomic E-state index is 12.0. The van der Waals surface area contributed by atoms with E-state index in [1.165, 1.54) is 16.9 Å². The van der Waals surface area contributed by atoms with Gasteiger partial charge < -0.3 is 10.2 Å². The van der Waals surface area contributed by atoms with Crippen LogP contribution in [0.3, 0.4) is 0 Å². The summed E-state index contributed by atoms with van der Waals surface area (Å²) in [7, 11) is -1.79. The number of hydrogen-bond donors (Lipinski definition) is 1. The molecule has 2 heterocycles. The number of anilines is 1. The smallest absolute Gasteiger partial charge is 0.225 e. The molecule has 2 rings (SSSR count). The highest BCUT2D eigenvalue weighted by Gasteiger charge is 2.31. The van der Waals surface area contributed by atoms with Crippen LogP contribution >= 0.6 is 0 Å². The van der Waals surface area contributed by atoms with Crippen molar-refractivity contribution >= 4 is 21.7 Å². The fourth-order valence-electron chi connectivity index (χ4n) is 2.48. The quantitative estimate of drug-likeness (QED) is 0.783. The Kier molecular flexibility index (Phi) is 4.97. The largest absolute Gasteiger partial charge is 0.359 e. The van der Waals surface area contributed by atoms with E-state index in [1.54, 1.807) is 7.05 Å². The predicted molar refractivity (Wildman–Crippen MR) is 83.0 cm³/mol. The number of carbonyl (C=O) groups excluding carboxylic acids is 1. The molecule has 1 aliphatic heterocycles. The van der Waals surface area contributed by atoms with Crippen molar-refractivity contribution in [3.05, 3.63) is 18.1 Å².